The lowest BCUT2D eigenvalue weighted by molar-refractivity contribution is -0.120. The molecule has 0 saturated carbocycles. The van der Waals surface area contributed by atoms with Crippen molar-refractivity contribution in [1.82, 2.24) is 15.1 Å². The maximum Gasteiger partial charge on any atom is 0.272 e. The second-order valence-electron chi connectivity index (χ2n) is 5.34. The highest BCUT2D eigenvalue weighted by molar-refractivity contribution is 5.96. The molecular formula is C18H15FN4O2. The molecular weight excluding hydrogens is 323 g/mol. The van der Waals surface area contributed by atoms with Crippen LogP contribution in [0.5, 0.6) is 0 Å². The number of benzene rings is 2. The molecule has 1 aromatic heterocycles. The van der Waals surface area contributed by atoms with Gasteiger partial charge in [0.05, 0.1) is 5.69 Å². The average molecular weight is 338 g/mol. The lowest BCUT2D eigenvalue weighted by Crippen LogP contribution is -2.37. The van der Waals surface area contributed by atoms with E-state index in [0.29, 0.717) is 11.3 Å². The number of primary amides is 1. The second kappa shape index (κ2) is 6.96. The first-order chi connectivity index (χ1) is 12.0. The number of hydrogen-bond donors (Lipinski definition) is 2. The summed E-state index contributed by atoms with van der Waals surface area (Å²) in [4.78, 5) is 24.0. The van der Waals surface area contributed by atoms with Crippen molar-refractivity contribution in [2.45, 2.75) is 6.04 Å². The Kier molecular flexibility index (Phi) is 4.56. The second-order valence-corrected chi connectivity index (χ2v) is 5.34. The summed E-state index contributed by atoms with van der Waals surface area (Å²) in [6, 6.07) is 15.0. The van der Waals surface area contributed by atoms with Gasteiger partial charge in [-0.25, -0.2) is 9.07 Å². The van der Waals surface area contributed by atoms with Gasteiger partial charge >= 0.3 is 0 Å². The van der Waals surface area contributed by atoms with Crippen LogP contribution in [0.3, 0.4) is 0 Å². The predicted octanol–water partition coefficient (Wildman–Crippen LogP) is 1.97. The normalized spacial score (nSPS) is 11.7. The SMILES string of the molecule is NC(=O)[C@@H](NC(=O)c1ccn(-c2cccc(F)c2)n1)c1ccccc1. The Hall–Kier alpha value is -3.48. The highest BCUT2D eigenvalue weighted by Gasteiger charge is 2.22. The van der Waals surface area contributed by atoms with Crippen LogP contribution < -0.4 is 11.1 Å². The van der Waals surface area contributed by atoms with Crippen LogP contribution >= 0.6 is 0 Å². The van der Waals surface area contributed by atoms with Crippen molar-refractivity contribution >= 4 is 11.8 Å². The molecule has 2 aromatic carbocycles. The van der Waals surface area contributed by atoms with Gasteiger partial charge in [0, 0.05) is 6.20 Å². The first-order valence-corrected chi connectivity index (χ1v) is 7.51. The van der Waals surface area contributed by atoms with Gasteiger partial charge in [-0.2, -0.15) is 5.10 Å². The van der Waals surface area contributed by atoms with Crippen LogP contribution in [0.4, 0.5) is 4.39 Å². The van der Waals surface area contributed by atoms with E-state index in [1.54, 1.807) is 42.5 Å². The Morgan fingerprint density at radius 2 is 1.84 bits per heavy atom. The van der Waals surface area contributed by atoms with E-state index in [9.17, 15) is 14.0 Å². The van der Waals surface area contributed by atoms with Gasteiger partial charge in [-0.1, -0.05) is 36.4 Å². The van der Waals surface area contributed by atoms with Crippen LogP contribution in [0.25, 0.3) is 5.69 Å². The van der Waals surface area contributed by atoms with Gasteiger partial charge in [-0.3, -0.25) is 9.59 Å². The molecule has 6 nitrogen and oxygen atoms in total. The van der Waals surface area contributed by atoms with Crippen LogP contribution in [0.1, 0.15) is 22.1 Å². The monoisotopic (exact) mass is 338 g/mol. The fraction of sp³-hybridized carbons (Fsp3) is 0.0556. The molecule has 3 N–H and O–H groups in total. The summed E-state index contributed by atoms with van der Waals surface area (Å²) in [5.74, 6) is -1.64. The number of nitrogens with zero attached hydrogens (tertiary/aromatic N) is 2. The van der Waals surface area contributed by atoms with E-state index < -0.39 is 23.7 Å². The molecule has 126 valence electrons. The van der Waals surface area contributed by atoms with Crippen LogP contribution in [0.2, 0.25) is 0 Å². The topological polar surface area (TPSA) is 90.0 Å². The third-order valence-electron chi connectivity index (χ3n) is 3.59. The van der Waals surface area contributed by atoms with E-state index in [1.807, 2.05) is 0 Å². The summed E-state index contributed by atoms with van der Waals surface area (Å²) in [6.07, 6.45) is 1.53. The zero-order valence-electron chi connectivity index (χ0n) is 13.1. The smallest absolute Gasteiger partial charge is 0.272 e. The van der Waals surface area contributed by atoms with Crippen LogP contribution in [-0.2, 0) is 4.79 Å². The standard InChI is InChI=1S/C18H15FN4O2/c19-13-7-4-8-14(11-13)23-10-9-15(22-23)18(25)21-16(17(20)24)12-5-2-1-3-6-12/h1-11,16H,(H2,20,24)(H,21,25)/t16-/m0/s1. The van der Waals surface area contributed by atoms with Gasteiger partial charge in [0.1, 0.15) is 11.9 Å². The Balaban J connectivity index is 1.80. The number of amides is 2. The Labute approximate surface area is 143 Å². The molecule has 1 heterocycles. The van der Waals surface area contributed by atoms with E-state index in [2.05, 4.69) is 10.4 Å². The summed E-state index contributed by atoms with van der Waals surface area (Å²) in [6.45, 7) is 0. The third kappa shape index (κ3) is 3.72. The quantitative estimate of drug-likeness (QED) is 0.745. The molecule has 7 heteroatoms. The molecule has 0 aliphatic carbocycles. The van der Waals surface area contributed by atoms with Gasteiger partial charge in [-0.05, 0) is 29.8 Å². The van der Waals surface area contributed by atoms with E-state index >= 15 is 0 Å². The Morgan fingerprint density at radius 3 is 2.52 bits per heavy atom. The molecule has 0 fully saturated rings. The molecule has 0 radical (unpaired) electrons. The van der Waals surface area contributed by atoms with E-state index in [4.69, 9.17) is 5.73 Å². The molecule has 3 rings (SSSR count). The van der Waals surface area contributed by atoms with Crippen molar-refractivity contribution in [1.29, 1.82) is 0 Å². The molecule has 0 aliphatic rings. The van der Waals surface area contributed by atoms with Crippen molar-refractivity contribution in [2.24, 2.45) is 5.73 Å². The van der Waals surface area contributed by atoms with E-state index in [0.717, 1.165) is 0 Å². The van der Waals surface area contributed by atoms with E-state index in [1.165, 1.54) is 29.1 Å². The molecule has 3 aromatic rings. The number of hydrogen-bond acceptors (Lipinski definition) is 3. The molecule has 0 bridgehead atoms. The van der Waals surface area contributed by atoms with Crippen molar-refractivity contribution in [2.75, 3.05) is 0 Å². The molecule has 1 atom stereocenters. The maximum atomic E-state index is 13.3. The Bertz CT molecular complexity index is 908. The van der Waals surface area contributed by atoms with Crippen LogP contribution in [-0.4, -0.2) is 21.6 Å². The molecule has 0 saturated heterocycles. The highest BCUT2D eigenvalue weighted by atomic mass is 19.1. The van der Waals surface area contributed by atoms with Gasteiger partial charge in [-0.15, -0.1) is 0 Å². The number of aromatic nitrogens is 2. The molecule has 0 aliphatic heterocycles. The number of rotatable bonds is 5. The van der Waals surface area contributed by atoms with Gasteiger partial charge < -0.3 is 11.1 Å². The lowest BCUT2D eigenvalue weighted by atomic mass is 10.1. The summed E-state index contributed by atoms with van der Waals surface area (Å²) in [5, 5.41) is 6.68. The highest BCUT2D eigenvalue weighted by Crippen LogP contribution is 2.14. The Morgan fingerprint density at radius 1 is 1.08 bits per heavy atom. The zero-order valence-corrected chi connectivity index (χ0v) is 13.1. The minimum Gasteiger partial charge on any atom is -0.368 e. The van der Waals surface area contributed by atoms with Crippen molar-refractivity contribution < 1.29 is 14.0 Å². The lowest BCUT2D eigenvalue weighted by Gasteiger charge is -2.14. The zero-order chi connectivity index (χ0) is 17.8. The summed E-state index contributed by atoms with van der Waals surface area (Å²) in [5.41, 5.74) is 6.53. The van der Waals surface area contributed by atoms with Gasteiger partial charge in [0.25, 0.3) is 5.91 Å². The van der Waals surface area contributed by atoms with Gasteiger partial charge in [0.15, 0.2) is 5.69 Å². The fourth-order valence-electron chi connectivity index (χ4n) is 2.38. The van der Waals surface area contributed by atoms with E-state index in [-0.39, 0.29) is 5.69 Å². The van der Waals surface area contributed by atoms with Crippen molar-refractivity contribution in [3.8, 4) is 5.69 Å². The molecule has 0 spiro atoms. The first kappa shape index (κ1) is 16.4. The number of nitrogens with one attached hydrogen (secondary N) is 1. The molecule has 2 amide bonds. The largest absolute Gasteiger partial charge is 0.368 e. The summed E-state index contributed by atoms with van der Waals surface area (Å²) >= 11 is 0. The third-order valence-corrected chi connectivity index (χ3v) is 3.59. The van der Waals surface area contributed by atoms with Crippen LogP contribution in [0, 0.1) is 5.82 Å². The minimum atomic E-state index is -0.965. The number of carbonyl (C=O) groups is 2. The fourth-order valence-corrected chi connectivity index (χ4v) is 2.38. The number of halogens is 1. The number of carbonyl (C=O) groups excluding carboxylic acids is 2. The predicted molar refractivity (Wildman–Crippen MR) is 89.4 cm³/mol. The summed E-state index contributed by atoms with van der Waals surface area (Å²) < 4.78 is 14.7. The maximum absolute atomic E-state index is 13.3. The first-order valence-electron chi connectivity index (χ1n) is 7.51. The van der Waals surface area contributed by atoms with Crippen molar-refractivity contribution in [3.05, 3.63) is 83.9 Å². The van der Waals surface area contributed by atoms with Gasteiger partial charge in [0.2, 0.25) is 5.91 Å². The van der Waals surface area contributed by atoms with Crippen molar-refractivity contribution in [3.63, 3.8) is 0 Å². The average Bonchev–Trinajstić information content (AvgIpc) is 3.10. The summed E-state index contributed by atoms with van der Waals surface area (Å²) in [7, 11) is 0. The molecule has 0 unspecified atom stereocenters. The van der Waals surface area contributed by atoms with Crippen LogP contribution in [0.15, 0.2) is 66.9 Å². The molecule has 25 heavy (non-hydrogen) atoms. The number of nitrogens with two attached hydrogens (primary N) is 1. The minimum absolute atomic E-state index is 0.0893.